The summed E-state index contributed by atoms with van der Waals surface area (Å²) in [7, 11) is 0. The maximum absolute atomic E-state index is 14.3. The van der Waals surface area contributed by atoms with Crippen LogP contribution in [0.3, 0.4) is 0 Å². The minimum absolute atomic E-state index is 0.0265. The standard InChI is InChI=1S/C25H28F2N2O4/c26-20-8-4-9-21(27)23(20)24(31)29-11-5-10-25(17-29,18-33-19-6-2-1-3-7-19)16-22(30)28-12-14-32-15-13-28/h1-4,6-9H,5,10-18H2/t25-/m1/s1. The minimum atomic E-state index is -0.888. The van der Waals surface area contributed by atoms with Crippen LogP contribution in [0.2, 0.25) is 0 Å². The highest BCUT2D eigenvalue weighted by atomic mass is 19.1. The number of halogens is 2. The highest BCUT2D eigenvalue weighted by Crippen LogP contribution is 2.36. The van der Waals surface area contributed by atoms with Crippen LogP contribution in [0.15, 0.2) is 48.5 Å². The highest BCUT2D eigenvalue weighted by Gasteiger charge is 2.42. The number of amides is 2. The number of hydrogen-bond acceptors (Lipinski definition) is 4. The Morgan fingerprint density at radius 1 is 0.939 bits per heavy atom. The van der Waals surface area contributed by atoms with E-state index in [0.29, 0.717) is 51.4 Å². The summed E-state index contributed by atoms with van der Waals surface area (Å²) in [5.74, 6) is -1.84. The van der Waals surface area contributed by atoms with Gasteiger partial charge in [-0.05, 0) is 37.1 Å². The summed E-state index contributed by atoms with van der Waals surface area (Å²) in [4.78, 5) is 29.4. The van der Waals surface area contributed by atoms with Crippen molar-refractivity contribution >= 4 is 11.8 Å². The van der Waals surface area contributed by atoms with Crippen molar-refractivity contribution < 1.29 is 27.8 Å². The van der Waals surface area contributed by atoms with Crippen molar-refractivity contribution in [2.24, 2.45) is 5.41 Å². The predicted octanol–water partition coefficient (Wildman–Crippen LogP) is 3.52. The van der Waals surface area contributed by atoms with Gasteiger partial charge in [0.2, 0.25) is 5.91 Å². The number of piperidine rings is 1. The molecule has 2 aliphatic heterocycles. The number of nitrogens with zero attached hydrogens (tertiary/aromatic N) is 2. The van der Waals surface area contributed by atoms with Crippen molar-refractivity contribution in [3.63, 3.8) is 0 Å². The van der Waals surface area contributed by atoms with Gasteiger partial charge in [0.05, 0.1) is 19.8 Å². The van der Waals surface area contributed by atoms with Gasteiger partial charge < -0.3 is 19.3 Å². The number of morpholine rings is 1. The molecule has 0 unspecified atom stereocenters. The van der Waals surface area contributed by atoms with Crippen LogP contribution in [0.1, 0.15) is 29.6 Å². The maximum Gasteiger partial charge on any atom is 0.259 e. The molecule has 2 aromatic carbocycles. The number of hydrogen-bond donors (Lipinski definition) is 0. The van der Waals surface area contributed by atoms with Gasteiger partial charge in [0, 0.05) is 38.0 Å². The molecule has 2 fully saturated rings. The normalized spacial score (nSPS) is 21.0. The van der Waals surface area contributed by atoms with E-state index in [2.05, 4.69) is 0 Å². The molecule has 2 aromatic rings. The lowest BCUT2D eigenvalue weighted by atomic mass is 9.77. The third-order valence-electron chi connectivity index (χ3n) is 6.30. The Morgan fingerprint density at radius 2 is 1.64 bits per heavy atom. The first-order valence-electron chi connectivity index (χ1n) is 11.2. The summed E-state index contributed by atoms with van der Waals surface area (Å²) in [6.45, 7) is 2.81. The monoisotopic (exact) mass is 458 g/mol. The molecule has 0 spiro atoms. The molecule has 0 saturated carbocycles. The summed E-state index contributed by atoms with van der Waals surface area (Å²) >= 11 is 0. The fourth-order valence-electron chi connectivity index (χ4n) is 4.55. The molecule has 0 bridgehead atoms. The van der Waals surface area contributed by atoms with E-state index >= 15 is 0 Å². The van der Waals surface area contributed by atoms with Gasteiger partial charge >= 0.3 is 0 Å². The summed E-state index contributed by atoms with van der Waals surface area (Å²) in [5.41, 5.74) is -1.22. The van der Waals surface area contributed by atoms with Gasteiger partial charge in [-0.25, -0.2) is 8.78 Å². The molecular weight excluding hydrogens is 430 g/mol. The van der Waals surface area contributed by atoms with E-state index in [1.807, 2.05) is 30.3 Å². The predicted molar refractivity (Wildman–Crippen MR) is 118 cm³/mol. The number of ether oxygens (including phenoxy) is 2. The van der Waals surface area contributed by atoms with Gasteiger partial charge in [-0.2, -0.15) is 0 Å². The molecule has 176 valence electrons. The smallest absolute Gasteiger partial charge is 0.259 e. The third-order valence-corrected chi connectivity index (χ3v) is 6.30. The molecule has 8 heteroatoms. The molecule has 0 aliphatic carbocycles. The Labute approximate surface area is 192 Å². The van der Waals surface area contributed by atoms with Crippen LogP contribution in [0.4, 0.5) is 8.78 Å². The number of carbonyl (C=O) groups excluding carboxylic acids is 2. The quantitative estimate of drug-likeness (QED) is 0.665. The number of benzene rings is 2. The van der Waals surface area contributed by atoms with Gasteiger partial charge in [-0.3, -0.25) is 9.59 Å². The van der Waals surface area contributed by atoms with Crippen LogP contribution in [0.5, 0.6) is 5.75 Å². The Balaban J connectivity index is 1.56. The Bertz CT molecular complexity index is 961. The molecule has 6 nitrogen and oxygen atoms in total. The average molecular weight is 459 g/mol. The van der Waals surface area contributed by atoms with Crippen LogP contribution in [0.25, 0.3) is 0 Å². The van der Waals surface area contributed by atoms with Crippen molar-refractivity contribution in [3.05, 3.63) is 65.7 Å². The van der Waals surface area contributed by atoms with Crippen LogP contribution < -0.4 is 4.74 Å². The van der Waals surface area contributed by atoms with Gasteiger partial charge in [-0.1, -0.05) is 24.3 Å². The Kier molecular flexibility index (Phi) is 7.23. The van der Waals surface area contributed by atoms with Crippen molar-refractivity contribution in [2.45, 2.75) is 19.3 Å². The topological polar surface area (TPSA) is 59.1 Å². The zero-order valence-corrected chi connectivity index (χ0v) is 18.5. The Hall–Kier alpha value is -3.00. The van der Waals surface area contributed by atoms with E-state index < -0.39 is 28.5 Å². The second kappa shape index (κ2) is 10.3. The van der Waals surface area contributed by atoms with Gasteiger partial charge in [-0.15, -0.1) is 0 Å². The second-order valence-corrected chi connectivity index (χ2v) is 8.70. The van der Waals surface area contributed by atoms with E-state index in [1.54, 1.807) is 4.90 Å². The van der Waals surface area contributed by atoms with Crippen LogP contribution >= 0.6 is 0 Å². The van der Waals surface area contributed by atoms with E-state index in [9.17, 15) is 18.4 Å². The van der Waals surface area contributed by atoms with Gasteiger partial charge in [0.1, 0.15) is 22.9 Å². The van der Waals surface area contributed by atoms with E-state index in [-0.39, 0.29) is 25.5 Å². The SMILES string of the molecule is O=C(C[C@]1(COc2ccccc2)CCCN(C(=O)c2c(F)cccc2F)C1)N1CCOCC1. The van der Waals surface area contributed by atoms with Gasteiger partial charge in [0.25, 0.3) is 5.91 Å². The minimum Gasteiger partial charge on any atom is -0.493 e. The largest absolute Gasteiger partial charge is 0.493 e. The van der Waals surface area contributed by atoms with E-state index in [0.717, 1.165) is 12.1 Å². The summed E-state index contributed by atoms with van der Waals surface area (Å²) < 4.78 is 40.0. The number of rotatable bonds is 6. The van der Waals surface area contributed by atoms with Crippen LogP contribution in [0, 0.1) is 17.0 Å². The van der Waals surface area contributed by atoms with Gasteiger partial charge in [0.15, 0.2) is 0 Å². The third kappa shape index (κ3) is 5.50. The molecule has 2 saturated heterocycles. The molecule has 0 aromatic heterocycles. The van der Waals surface area contributed by atoms with Crippen molar-refractivity contribution in [1.82, 2.24) is 9.80 Å². The summed E-state index contributed by atoms with van der Waals surface area (Å²) in [5, 5.41) is 0. The highest BCUT2D eigenvalue weighted by molar-refractivity contribution is 5.95. The molecule has 2 aliphatic rings. The lowest BCUT2D eigenvalue weighted by molar-refractivity contribution is -0.139. The molecule has 2 heterocycles. The molecular formula is C25H28F2N2O4. The number of likely N-dealkylation sites (tertiary alicyclic amines) is 1. The summed E-state index contributed by atoms with van der Waals surface area (Å²) in [6, 6.07) is 12.7. The van der Waals surface area contributed by atoms with E-state index in [4.69, 9.17) is 9.47 Å². The van der Waals surface area contributed by atoms with Crippen molar-refractivity contribution in [3.8, 4) is 5.75 Å². The average Bonchev–Trinajstić information content (AvgIpc) is 2.84. The zero-order chi connectivity index (χ0) is 23.3. The fraction of sp³-hybridized carbons (Fsp3) is 0.440. The Morgan fingerprint density at radius 3 is 2.33 bits per heavy atom. The first-order valence-corrected chi connectivity index (χ1v) is 11.2. The first kappa shape index (κ1) is 23.2. The molecule has 33 heavy (non-hydrogen) atoms. The first-order chi connectivity index (χ1) is 16.0. The van der Waals surface area contributed by atoms with E-state index in [1.165, 1.54) is 11.0 Å². The van der Waals surface area contributed by atoms with Crippen molar-refractivity contribution in [1.29, 1.82) is 0 Å². The van der Waals surface area contributed by atoms with Crippen LogP contribution in [-0.4, -0.2) is 67.6 Å². The molecule has 2 amide bonds. The molecule has 1 atom stereocenters. The molecule has 0 N–H and O–H groups in total. The molecule has 0 radical (unpaired) electrons. The summed E-state index contributed by atoms with van der Waals surface area (Å²) in [6.07, 6.45) is 1.46. The van der Waals surface area contributed by atoms with Crippen molar-refractivity contribution in [2.75, 3.05) is 46.0 Å². The zero-order valence-electron chi connectivity index (χ0n) is 18.5. The second-order valence-electron chi connectivity index (χ2n) is 8.70. The lowest BCUT2D eigenvalue weighted by Gasteiger charge is -2.43. The fourth-order valence-corrected chi connectivity index (χ4v) is 4.55. The lowest BCUT2D eigenvalue weighted by Crippen LogP contribution is -2.52. The van der Waals surface area contributed by atoms with Crippen LogP contribution in [-0.2, 0) is 9.53 Å². The maximum atomic E-state index is 14.3. The number of para-hydroxylation sites is 1. The number of carbonyl (C=O) groups is 2. The molecule has 4 rings (SSSR count).